The molecule has 0 radical (unpaired) electrons. The van der Waals surface area contributed by atoms with Gasteiger partial charge < -0.3 is 9.67 Å². The predicted octanol–water partition coefficient (Wildman–Crippen LogP) is 4.47. The van der Waals surface area contributed by atoms with Crippen LogP contribution >= 0.6 is 0 Å². The normalized spacial score (nSPS) is 47.8. The molecular formula is C24H36N2O2. The average molecular weight is 385 g/mol. The largest absolute Gasteiger partial charge is 0.393 e. The lowest BCUT2D eigenvalue weighted by atomic mass is 9.44. The van der Waals surface area contributed by atoms with E-state index in [0.29, 0.717) is 29.6 Å². The van der Waals surface area contributed by atoms with E-state index in [1.165, 1.54) is 38.5 Å². The van der Waals surface area contributed by atoms with Crippen molar-refractivity contribution in [2.45, 2.75) is 84.3 Å². The molecule has 0 spiro atoms. The summed E-state index contributed by atoms with van der Waals surface area (Å²) in [6.07, 6.45) is 16.0. The van der Waals surface area contributed by atoms with Gasteiger partial charge in [0.2, 0.25) is 0 Å². The molecule has 4 aliphatic carbocycles. The molecular weight excluding hydrogens is 348 g/mol. The minimum Gasteiger partial charge on any atom is -0.393 e. The van der Waals surface area contributed by atoms with E-state index < -0.39 is 0 Å². The van der Waals surface area contributed by atoms with Crippen LogP contribution in [0.25, 0.3) is 0 Å². The molecule has 4 nitrogen and oxygen atoms in total. The first kappa shape index (κ1) is 18.8. The lowest BCUT2D eigenvalue weighted by Crippen LogP contribution is -2.54. The number of Topliss-reactive ketones (excluding diaryl/α,β-unsaturated/α-hetero) is 1. The van der Waals surface area contributed by atoms with Crippen molar-refractivity contribution in [1.82, 2.24) is 9.55 Å². The van der Waals surface area contributed by atoms with Gasteiger partial charge in [-0.3, -0.25) is 4.79 Å². The van der Waals surface area contributed by atoms with Gasteiger partial charge in [-0.25, -0.2) is 4.98 Å². The Morgan fingerprint density at radius 3 is 2.64 bits per heavy atom. The molecule has 4 unspecified atom stereocenters. The summed E-state index contributed by atoms with van der Waals surface area (Å²) in [6, 6.07) is 0. The number of aromatic nitrogens is 2. The first-order valence-corrected chi connectivity index (χ1v) is 11.6. The summed E-state index contributed by atoms with van der Waals surface area (Å²) in [5.74, 6) is 3.66. The summed E-state index contributed by atoms with van der Waals surface area (Å²) in [6.45, 7) is 5.47. The van der Waals surface area contributed by atoms with E-state index in [1.54, 1.807) is 12.5 Å². The lowest BCUT2D eigenvalue weighted by molar-refractivity contribution is -0.140. The Morgan fingerprint density at radius 2 is 1.86 bits per heavy atom. The molecule has 1 aromatic rings. The SMILES string of the molecule is C[C@]12CCC3C(CC[C@@H]4C[C@@H](O)CC[C@]34C)C1CCC2C(=O)Cn1ccnc1. The van der Waals surface area contributed by atoms with Gasteiger partial charge in [0.15, 0.2) is 5.78 Å². The van der Waals surface area contributed by atoms with Crippen LogP contribution in [0.1, 0.15) is 71.6 Å². The zero-order valence-electron chi connectivity index (χ0n) is 17.5. The molecule has 0 amide bonds. The molecule has 0 aliphatic heterocycles. The highest BCUT2D eigenvalue weighted by Crippen LogP contribution is 2.67. The molecule has 1 aromatic heterocycles. The number of hydrogen-bond donors (Lipinski definition) is 1. The van der Waals surface area contributed by atoms with Gasteiger partial charge in [-0.1, -0.05) is 13.8 Å². The number of aliphatic hydroxyl groups excluding tert-OH is 1. The molecule has 1 N–H and O–H groups in total. The molecule has 28 heavy (non-hydrogen) atoms. The van der Waals surface area contributed by atoms with Gasteiger partial charge in [0, 0.05) is 18.3 Å². The van der Waals surface area contributed by atoms with Crippen LogP contribution in [0.4, 0.5) is 0 Å². The van der Waals surface area contributed by atoms with Crippen LogP contribution in [0.15, 0.2) is 18.7 Å². The number of carbonyl (C=O) groups excluding carboxylic acids is 1. The van der Waals surface area contributed by atoms with Crippen molar-refractivity contribution in [3.63, 3.8) is 0 Å². The van der Waals surface area contributed by atoms with Crippen LogP contribution in [-0.4, -0.2) is 26.5 Å². The molecule has 5 rings (SSSR count). The van der Waals surface area contributed by atoms with Crippen molar-refractivity contribution in [1.29, 1.82) is 0 Å². The quantitative estimate of drug-likeness (QED) is 0.836. The molecule has 8 atom stereocenters. The lowest BCUT2D eigenvalue weighted by Gasteiger charge is -2.60. The first-order chi connectivity index (χ1) is 13.4. The van der Waals surface area contributed by atoms with E-state index >= 15 is 0 Å². The first-order valence-electron chi connectivity index (χ1n) is 11.6. The Balaban J connectivity index is 1.36. The van der Waals surface area contributed by atoms with Crippen molar-refractivity contribution in [2.75, 3.05) is 0 Å². The van der Waals surface area contributed by atoms with Crippen LogP contribution in [-0.2, 0) is 11.3 Å². The Hall–Kier alpha value is -1.16. The fraction of sp³-hybridized carbons (Fsp3) is 0.833. The zero-order valence-corrected chi connectivity index (χ0v) is 17.5. The molecule has 4 aliphatic rings. The van der Waals surface area contributed by atoms with Crippen molar-refractivity contribution in [3.8, 4) is 0 Å². The highest BCUT2D eigenvalue weighted by atomic mass is 16.3. The van der Waals surface area contributed by atoms with Crippen LogP contribution < -0.4 is 0 Å². The van der Waals surface area contributed by atoms with E-state index in [4.69, 9.17) is 0 Å². The second-order valence-electron chi connectivity index (χ2n) is 11.0. The molecule has 0 aromatic carbocycles. The number of carbonyl (C=O) groups is 1. The molecule has 0 saturated heterocycles. The number of rotatable bonds is 3. The molecule has 4 fully saturated rings. The van der Waals surface area contributed by atoms with Crippen LogP contribution in [0.2, 0.25) is 0 Å². The van der Waals surface area contributed by atoms with Crippen molar-refractivity contribution >= 4 is 5.78 Å². The number of hydrogen-bond acceptors (Lipinski definition) is 3. The van der Waals surface area contributed by atoms with Gasteiger partial charge in [0.25, 0.3) is 0 Å². The molecule has 154 valence electrons. The summed E-state index contributed by atoms with van der Waals surface area (Å²) >= 11 is 0. The van der Waals surface area contributed by atoms with Crippen molar-refractivity contribution in [2.24, 2.45) is 40.4 Å². The molecule has 0 bridgehead atoms. The zero-order chi connectivity index (χ0) is 19.5. The van der Waals surface area contributed by atoms with Gasteiger partial charge in [-0.2, -0.15) is 0 Å². The number of nitrogens with zero attached hydrogens (tertiary/aromatic N) is 2. The summed E-state index contributed by atoms with van der Waals surface area (Å²) in [5, 5.41) is 10.2. The number of ketones is 1. The van der Waals surface area contributed by atoms with Gasteiger partial charge in [0.05, 0.1) is 19.0 Å². The van der Waals surface area contributed by atoms with Gasteiger partial charge in [-0.15, -0.1) is 0 Å². The summed E-state index contributed by atoms with van der Waals surface area (Å²) in [7, 11) is 0. The monoisotopic (exact) mass is 384 g/mol. The van der Waals surface area contributed by atoms with Crippen LogP contribution in [0.5, 0.6) is 0 Å². The van der Waals surface area contributed by atoms with E-state index in [9.17, 15) is 9.90 Å². The van der Waals surface area contributed by atoms with Crippen LogP contribution in [0, 0.1) is 40.4 Å². The maximum atomic E-state index is 13.2. The third kappa shape index (κ3) is 2.74. The van der Waals surface area contributed by atoms with E-state index in [0.717, 1.165) is 31.1 Å². The Bertz CT molecular complexity index is 731. The molecule has 1 heterocycles. The summed E-state index contributed by atoms with van der Waals surface area (Å²) < 4.78 is 1.93. The second-order valence-corrected chi connectivity index (χ2v) is 11.0. The molecule has 4 heteroatoms. The van der Waals surface area contributed by atoms with Crippen molar-refractivity contribution in [3.05, 3.63) is 18.7 Å². The number of aliphatic hydroxyl groups is 1. The highest BCUT2D eigenvalue weighted by molar-refractivity contribution is 5.82. The molecule has 4 saturated carbocycles. The maximum Gasteiger partial charge on any atom is 0.156 e. The smallest absolute Gasteiger partial charge is 0.156 e. The van der Waals surface area contributed by atoms with Crippen LogP contribution in [0.3, 0.4) is 0 Å². The fourth-order valence-corrected chi connectivity index (χ4v) is 8.43. The van der Waals surface area contributed by atoms with E-state index in [2.05, 4.69) is 18.8 Å². The standard InChI is InChI=1S/C24H36N2O2/c1-23-9-7-17(27)13-16(23)3-4-18-19-5-6-21(24(19,2)10-8-20(18)23)22(28)14-26-12-11-25-15-26/h11-12,15-21,27H,3-10,13-14H2,1-2H3/t16-,17+,18?,19?,20?,21?,23+,24+/m1/s1. The van der Waals surface area contributed by atoms with E-state index in [-0.39, 0.29) is 17.4 Å². The third-order valence-electron chi connectivity index (χ3n) is 9.92. The highest BCUT2D eigenvalue weighted by Gasteiger charge is 2.61. The maximum absolute atomic E-state index is 13.2. The minimum atomic E-state index is -0.0693. The summed E-state index contributed by atoms with van der Waals surface area (Å²) in [5.41, 5.74) is 0.610. The fourth-order valence-electron chi connectivity index (χ4n) is 8.43. The Labute approximate surface area is 169 Å². The van der Waals surface area contributed by atoms with Gasteiger partial charge in [-0.05, 0) is 92.3 Å². The number of fused-ring (bicyclic) bond motifs is 5. The minimum absolute atomic E-state index is 0.0693. The topological polar surface area (TPSA) is 55.1 Å². The van der Waals surface area contributed by atoms with Crippen molar-refractivity contribution < 1.29 is 9.90 Å². The summed E-state index contributed by atoms with van der Waals surface area (Å²) in [4.78, 5) is 17.3. The predicted molar refractivity (Wildman–Crippen MR) is 108 cm³/mol. The van der Waals surface area contributed by atoms with Gasteiger partial charge in [0.1, 0.15) is 0 Å². The second kappa shape index (κ2) is 6.68. The Kier molecular flexibility index (Phi) is 4.50. The average Bonchev–Trinajstić information content (AvgIpc) is 3.29. The van der Waals surface area contributed by atoms with E-state index in [1.807, 2.05) is 10.8 Å². The van der Waals surface area contributed by atoms with Gasteiger partial charge >= 0.3 is 0 Å². The third-order valence-corrected chi connectivity index (χ3v) is 9.92. The number of imidazole rings is 1. The Morgan fingerprint density at radius 1 is 1.07 bits per heavy atom.